The minimum Gasteiger partial charge on any atom is -0.492 e. The van der Waals surface area contributed by atoms with E-state index in [0.29, 0.717) is 0 Å². The predicted octanol–water partition coefficient (Wildman–Crippen LogP) is 9.27. The fourth-order valence-electron chi connectivity index (χ4n) is 6.02. The molecule has 5 heteroatoms. The van der Waals surface area contributed by atoms with Crippen LogP contribution < -0.4 is 14.2 Å². The van der Waals surface area contributed by atoms with Crippen molar-refractivity contribution in [3.8, 4) is 28.5 Å². The highest BCUT2D eigenvalue weighted by atomic mass is 16.5. The molecule has 1 aliphatic rings. The Morgan fingerprint density at radius 3 is 1.88 bits per heavy atom. The summed E-state index contributed by atoms with van der Waals surface area (Å²) in [5.74, 6) is 2.71. The van der Waals surface area contributed by atoms with Crippen LogP contribution in [0.15, 0.2) is 66.7 Å². The van der Waals surface area contributed by atoms with Crippen molar-refractivity contribution in [2.24, 2.45) is 0 Å². The highest BCUT2D eigenvalue weighted by Crippen LogP contribution is 2.37. The lowest BCUT2D eigenvalue weighted by Crippen LogP contribution is -2.29. The summed E-state index contributed by atoms with van der Waals surface area (Å²) in [6, 6.07) is 23.6. The average molecular weight is 583 g/mol. The van der Waals surface area contributed by atoms with Gasteiger partial charge in [-0.2, -0.15) is 0 Å². The minimum atomic E-state index is -0.257. The molecule has 0 aliphatic carbocycles. The van der Waals surface area contributed by atoms with Gasteiger partial charge in [0, 0.05) is 24.0 Å². The van der Waals surface area contributed by atoms with Crippen LogP contribution in [0.5, 0.6) is 17.2 Å². The van der Waals surface area contributed by atoms with Crippen LogP contribution in [0.1, 0.15) is 78.4 Å². The Labute approximate surface area is 258 Å². The number of aryl methyl sites for hydroxylation is 1. The molecular formula is C38H50N2O3. The maximum Gasteiger partial charge on any atom is 0.120 e. The van der Waals surface area contributed by atoms with Crippen molar-refractivity contribution >= 4 is 10.9 Å². The van der Waals surface area contributed by atoms with E-state index in [2.05, 4.69) is 125 Å². The quantitative estimate of drug-likeness (QED) is 0.197. The first-order chi connectivity index (χ1) is 20.4. The Kier molecular flexibility index (Phi) is 9.41. The molecule has 0 saturated carbocycles. The van der Waals surface area contributed by atoms with E-state index in [1.165, 1.54) is 72.1 Å². The van der Waals surface area contributed by atoms with Crippen molar-refractivity contribution < 1.29 is 14.2 Å². The zero-order valence-electron chi connectivity index (χ0n) is 27.3. The third-order valence-corrected chi connectivity index (χ3v) is 7.90. The number of rotatable bonds is 9. The molecule has 0 N–H and O–H groups in total. The highest BCUT2D eigenvalue weighted by Gasteiger charge is 2.20. The molecule has 1 fully saturated rings. The van der Waals surface area contributed by atoms with Crippen molar-refractivity contribution in [3.05, 3.63) is 77.9 Å². The maximum absolute atomic E-state index is 6.25. The zero-order valence-corrected chi connectivity index (χ0v) is 27.3. The second-order valence-electron chi connectivity index (χ2n) is 13.9. The fourth-order valence-corrected chi connectivity index (χ4v) is 6.02. The predicted molar refractivity (Wildman–Crippen MR) is 179 cm³/mol. The number of hydrogen-bond acceptors (Lipinski definition) is 4. The van der Waals surface area contributed by atoms with Gasteiger partial charge >= 0.3 is 0 Å². The van der Waals surface area contributed by atoms with E-state index in [4.69, 9.17) is 14.2 Å². The molecule has 4 aromatic rings. The van der Waals surface area contributed by atoms with Crippen LogP contribution in [-0.2, 0) is 6.54 Å². The van der Waals surface area contributed by atoms with Gasteiger partial charge in [-0.25, -0.2) is 0 Å². The van der Waals surface area contributed by atoms with E-state index in [0.717, 1.165) is 36.9 Å². The summed E-state index contributed by atoms with van der Waals surface area (Å²) < 4.78 is 20.9. The zero-order chi connectivity index (χ0) is 30.6. The maximum atomic E-state index is 6.25. The SMILES string of the molecule is Cc1c(-c2ccc(OC(C)(C)C)cc2)n(Cc2ccc(OCCN3CCCCCC3)cc2)c2ccc(OC(C)(C)C)cc12. The van der Waals surface area contributed by atoms with E-state index in [9.17, 15) is 0 Å². The number of benzene rings is 3. The van der Waals surface area contributed by atoms with E-state index < -0.39 is 0 Å². The summed E-state index contributed by atoms with van der Waals surface area (Å²) in [6.45, 7) is 19.6. The molecule has 5 rings (SSSR count). The Morgan fingerprint density at radius 1 is 0.674 bits per heavy atom. The fraction of sp³-hybridized carbons (Fsp3) is 0.474. The molecule has 0 unspecified atom stereocenters. The van der Waals surface area contributed by atoms with Crippen LogP contribution in [0.4, 0.5) is 0 Å². The van der Waals surface area contributed by atoms with Gasteiger partial charge in [0.1, 0.15) is 35.1 Å². The number of fused-ring (bicyclic) bond motifs is 1. The summed E-state index contributed by atoms with van der Waals surface area (Å²) in [7, 11) is 0. The molecule has 230 valence electrons. The van der Waals surface area contributed by atoms with E-state index in [-0.39, 0.29) is 11.2 Å². The molecule has 1 saturated heterocycles. The van der Waals surface area contributed by atoms with Crippen molar-refractivity contribution in [2.75, 3.05) is 26.2 Å². The third-order valence-electron chi connectivity index (χ3n) is 7.90. The molecule has 0 radical (unpaired) electrons. The number of hydrogen-bond donors (Lipinski definition) is 0. The van der Waals surface area contributed by atoms with Gasteiger partial charge in [0.05, 0.1) is 5.69 Å². The molecule has 0 amide bonds. The van der Waals surface area contributed by atoms with Gasteiger partial charge in [-0.3, -0.25) is 4.90 Å². The number of ether oxygens (including phenoxy) is 3. The van der Waals surface area contributed by atoms with E-state index >= 15 is 0 Å². The molecule has 5 nitrogen and oxygen atoms in total. The molecule has 3 aromatic carbocycles. The lowest BCUT2D eigenvalue weighted by Gasteiger charge is -2.21. The second kappa shape index (κ2) is 13.1. The standard InChI is InChI=1S/C38H50N2O3/c1-28-34-26-33(43-38(5,6)7)20-21-35(34)40(36(28)30-14-18-32(19-15-30)42-37(2,3)4)27-29-12-16-31(17-13-29)41-25-24-39-22-10-8-9-11-23-39/h12-21,26H,8-11,22-25,27H2,1-7H3. The summed E-state index contributed by atoms with van der Waals surface area (Å²) in [5, 5.41) is 1.21. The first kappa shape index (κ1) is 31.0. The Bertz CT molecular complexity index is 1480. The minimum absolute atomic E-state index is 0.238. The van der Waals surface area contributed by atoms with Gasteiger partial charge in [-0.05, 0) is 146 Å². The van der Waals surface area contributed by atoms with Gasteiger partial charge in [-0.1, -0.05) is 25.0 Å². The monoisotopic (exact) mass is 582 g/mol. The Morgan fingerprint density at radius 2 is 1.26 bits per heavy atom. The lowest BCUT2D eigenvalue weighted by molar-refractivity contribution is 0.130. The number of aromatic nitrogens is 1. The van der Waals surface area contributed by atoms with E-state index in [1.54, 1.807) is 0 Å². The summed E-state index contributed by atoms with van der Waals surface area (Å²) >= 11 is 0. The molecule has 0 spiro atoms. The van der Waals surface area contributed by atoms with Crippen LogP contribution in [0.25, 0.3) is 22.2 Å². The van der Waals surface area contributed by atoms with Gasteiger partial charge in [-0.15, -0.1) is 0 Å². The van der Waals surface area contributed by atoms with Gasteiger partial charge in [0.25, 0.3) is 0 Å². The summed E-state index contributed by atoms with van der Waals surface area (Å²) in [5.41, 5.74) is 5.56. The van der Waals surface area contributed by atoms with Crippen LogP contribution >= 0.6 is 0 Å². The summed E-state index contributed by atoms with van der Waals surface area (Å²) in [6.07, 6.45) is 5.34. The van der Waals surface area contributed by atoms with Crippen LogP contribution in [-0.4, -0.2) is 46.9 Å². The Hall–Kier alpha value is -3.44. The van der Waals surface area contributed by atoms with E-state index in [1.807, 2.05) is 0 Å². The molecule has 2 heterocycles. The number of nitrogens with zero attached hydrogens (tertiary/aromatic N) is 2. The smallest absolute Gasteiger partial charge is 0.120 e. The largest absolute Gasteiger partial charge is 0.492 e. The van der Waals surface area contributed by atoms with Crippen LogP contribution in [0, 0.1) is 6.92 Å². The van der Waals surface area contributed by atoms with Gasteiger partial charge in [0.15, 0.2) is 0 Å². The Balaban J connectivity index is 1.40. The molecular weight excluding hydrogens is 532 g/mol. The first-order valence-corrected chi connectivity index (χ1v) is 16.0. The third kappa shape index (κ3) is 8.35. The van der Waals surface area contributed by atoms with Crippen LogP contribution in [0.2, 0.25) is 0 Å². The van der Waals surface area contributed by atoms with Crippen molar-refractivity contribution in [1.82, 2.24) is 9.47 Å². The summed E-state index contributed by atoms with van der Waals surface area (Å²) in [4.78, 5) is 2.54. The van der Waals surface area contributed by atoms with Gasteiger partial charge in [0.2, 0.25) is 0 Å². The molecule has 43 heavy (non-hydrogen) atoms. The molecule has 0 bridgehead atoms. The molecule has 1 aliphatic heterocycles. The van der Waals surface area contributed by atoms with Crippen LogP contribution in [0.3, 0.4) is 0 Å². The highest BCUT2D eigenvalue weighted by molar-refractivity contribution is 5.92. The van der Waals surface area contributed by atoms with Gasteiger partial charge < -0.3 is 18.8 Å². The van der Waals surface area contributed by atoms with Crippen molar-refractivity contribution in [1.29, 1.82) is 0 Å². The average Bonchev–Trinajstić information content (AvgIpc) is 3.08. The molecule has 1 aromatic heterocycles. The topological polar surface area (TPSA) is 35.9 Å². The molecule has 0 atom stereocenters. The second-order valence-corrected chi connectivity index (χ2v) is 13.9. The first-order valence-electron chi connectivity index (χ1n) is 16.0. The number of likely N-dealkylation sites (tertiary alicyclic amines) is 1. The van der Waals surface area contributed by atoms with Crippen molar-refractivity contribution in [3.63, 3.8) is 0 Å². The lowest BCUT2D eigenvalue weighted by atomic mass is 10.1. The van der Waals surface area contributed by atoms with Crippen molar-refractivity contribution in [2.45, 2.75) is 91.9 Å². The normalized spacial score (nSPS) is 15.0.